The van der Waals surface area contributed by atoms with Gasteiger partial charge in [-0.05, 0) is 68.6 Å². The number of aromatic nitrogens is 2. The molecule has 0 bridgehead atoms. The number of benzene rings is 3. The number of carbonyl (C=O) groups is 1. The molecule has 7 heteroatoms. The Morgan fingerprint density at radius 1 is 1.00 bits per heavy atom. The molecular weight excluding hydrogens is 436 g/mol. The number of likely N-dealkylation sites (tertiary alicyclic amines) is 1. The van der Waals surface area contributed by atoms with Crippen molar-refractivity contribution >= 4 is 39.8 Å². The summed E-state index contributed by atoms with van der Waals surface area (Å²) in [6.07, 6.45) is 2.41. The first-order valence-corrected chi connectivity index (χ1v) is 11.7. The predicted molar refractivity (Wildman–Crippen MR) is 143 cm³/mol. The Kier molecular flexibility index (Phi) is 6.41. The lowest BCUT2D eigenvalue weighted by molar-refractivity contribution is -0.111. The van der Waals surface area contributed by atoms with E-state index in [1.165, 1.54) is 6.08 Å². The van der Waals surface area contributed by atoms with E-state index in [0.717, 1.165) is 53.0 Å². The first-order valence-electron chi connectivity index (χ1n) is 11.7. The molecule has 1 amide bonds. The lowest BCUT2D eigenvalue weighted by atomic mass is 10.1. The first-order chi connectivity index (χ1) is 17.1. The van der Waals surface area contributed by atoms with Gasteiger partial charge in [-0.25, -0.2) is 9.97 Å². The van der Waals surface area contributed by atoms with Crippen molar-refractivity contribution in [3.8, 4) is 11.3 Å². The van der Waals surface area contributed by atoms with Crippen LogP contribution in [-0.4, -0.2) is 47.0 Å². The maximum atomic E-state index is 11.8. The van der Waals surface area contributed by atoms with Crippen molar-refractivity contribution in [1.29, 1.82) is 0 Å². The predicted octanol–water partition coefficient (Wildman–Crippen LogP) is 5.28. The van der Waals surface area contributed by atoms with Gasteiger partial charge in [0, 0.05) is 40.6 Å². The number of fused-ring (bicyclic) bond motifs is 1. The minimum Gasteiger partial charge on any atom is -0.381 e. The standard InChI is InChI=1S/C28H28N6O/c1-3-26(35)30-22-8-6-7-19(17-22)27-24-9-4-5-10-25(24)32-28(33-27)31-21-13-11-20(12-14-21)29-23-15-16-34(2)18-23/h3-14,17,23,29H,1,15-16,18H2,2H3,(H,30,35)(H,31,32,33)/t23-/m0/s1. The van der Waals surface area contributed by atoms with Gasteiger partial charge in [0.05, 0.1) is 11.2 Å². The molecule has 5 rings (SSSR count). The zero-order valence-corrected chi connectivity index (χ0v) is 19.7. The molecular formula is C28H28N6O. The Hall–Kier alpha value is -4.23. The van der Waals surface area contributed by atoms with Gasteiger partial charge in [0.1, 0.15) is 0 Å². The molecule has 35 heavy (non-hydrogen) atoms. The van der Waals surface area contributed by atoms with Gasteiger partial charge in [-0.2, -0.15) is 0 Å². The minimum atomic E-state index is -0.255. The second-order valence-corrected chi connectivity index (χ2v) is 8.78. The third-order valence-electron chi connectivity index (χ3n) is 6.10. The zero-order valence-electron chi connectivity index (χ0n) is 19.7. The van der Waals surface area contributed by atoms with E-state index in [9.17, 15) is 4.79 Å². The van der Waals surface area contributed by atoms with E-state index in [1.807, 2.05) is 60.7 Å². The molecule has 4 aromatic rings. The number of likely N-dealkylation sites (N-methyl/N-ethyl adjacent to an activating group) is 1. The molecule has 1 fully saturated rings. The Morgan fingerprint density at radius 3 is 2.57 bits per heavy atom. The van der Waals surface area contributed by atoms with Gasteiger partial charge < -0.3 is 20.9 Å². The van der Waals surface area contributed by atoms with E-state index in [1.54, 1.807) is 0 Å². The number of anilines is 4. The van der Waals surface area contributed by atoms with Gasteiger partial charge in [-0.3, -0.25) is 4.79 Å². The van der Waals surface area contributed by atoms with Gasteiger partial charge in [0.2, 0.25) is 11.9 Å². The third kappa shape index (κ3) is 5.31. The van der Waals surface area contributed by atoms with Crippen LogP contribution in [0.15, 0.2) is 85.5 Å². The van der Waals surface area contributed by atoms with Gasteiger partial charge in [0.25, 0.3) is 0 Å². The summed E-state index contributed by atoms with van der Waals surface area (Å²) in [7, 11) is 2.15. The quantitative estimate of drug-likeness (QED) is 0.323. The van der Waals surface area contributed by atoms with Crippen LogP contribution < -0.4 is 16.0 Å². The van der Waals surface area contributed by atoms with Crippen LogP contribution in [0.3, 0.4) is 0 Å². The van der Waals surface area contributed by atoms with Crippen molar-refractivity contribution in [2.24, 2.45) is 0 Å². The Bertz CT molecular complexity index is 1370. The molecule has 0 radical (unpaired) electrons. The summed E-state index contributed by atoms with van der Waals surface area (Å²) in [6, 6.07) is 24.2. The highest BCUT2D eigenvalue weighted by Crippen LogP contribution is 2.30. The van der Waals surface area contributed by atoms with Crippen molar-refractivity contribution in [1.82, 2.24) is 14.9 Å². The lowest BCUT2D eigenvalue weighted by Crippen LogP contribution is -2.23. The molecule has 3 N–H and O–H groups in total. The number of carbonyl (C=O) groups excluding carboxylic acids is 1. The SMILES string of the molecule is C=CC(=O)Nc1cccc(-c2nc(Nc3ccc(N[C@H]4CCN(C)C4)cc3)nc3ccccc23)c1. The fourth-order valence-corrected chi connectivity index (χ4v) is 4.36. The van der Waals surface area contributed by atoms with E-state index in [2.05, 4.69) is 46.6 Å². The fraction of sp³-hybridized carbons (Fsp3) is 0.179. The average Bonchev–Trinajstić information content (AvgIpc) is 3.29. The molecule has 1 aromatic heterocycles. The van der Waals surface area contributed by atoms with Crippen LogP contribution in [-0.2, 0) is 4.79 Å². The molecule has 0 spiro atoms. The number of amides is 1. The van der Waals surface area contributed by atoms with Crippen LogP contribution in [0.2, 0.25) is 0 Å². The Morgan fingerprint density at radius 2 is 1.80 bits per heavy atom. The van der Waals surface area contributed by atoms with E-state index in [0.29, 0.717) is 17.7 Å². The van der Waals surface area contributed by atoms with E-state index in [-0.39, 0.29) is 5.91 Å². The molecule has 2 heterocycles. The van der Waals surface area contributed by atoms with Crippen LogP contribution in [0.25, 0.3) is 22.2 Å². The molecule has 0 aliphatic carbocycles. The number of nitrogens with one attached hydrogen (secondary N) is 3. The van der Waals surface area contributed by atoms with Crippen LogP contribution in [0.1, 0.15) is 6.42 Å². The second kappa shape index (κ2) is 9.95. The van der Waals surface area contributed by atoms with Crippen molar-refractivity contribution in [3.63, 3.8) is 0 Å². The highest BCUT2D eigenvalue weighted by atomic mass is 16.1. The summed E-state index contributed by atoms with van der Waals surface area (Å²) in [5.41, 5.74) is 5.21. The average molecular weight is 465 g/mol. The van der Waals surface area contributed by atoms with E-state index >= 15 is 0 Å². The van der Waals surface area contributed by atoms with Gasteiger partial charge in [-0.15, -0.1) is 0 Å². The number of hydrogen-bond acceptors (Lipinski definition) is 6. The molecule has 1 atom stereocenters. The maximum absolute atomic E-state index is 11.8. The maximum Gasteiger partial charge on any atom is 0.247 e. The Balaban J connectivity index is 1.41. The van der Waals surface area contributed by atoms with Crippen LogP contribution >= 0.6 is 0 Å². The number of rotatable bonds is 7. The number of para-hydroxylation sites is 1. The van der Waals surface area contributed by atoms with Crippen LogP contribution in [0.5, 0.6) is 0 Å². The van der Waals surface area contributed by atoms with Crippen molar-refractivity contribution in [2.75, 3.05) is 36.1 Å². The van der Waals surface area contributed by atoms with Gasteiger partial charge >= 0.3 is 0 Å². The molecule has 176 valence electrons. The molecule has 1 aliphatic rings. The van der Waals surface area contributed by atoms with Crippen molar-refractivity contribution < 1.29 is 4.79 Å². The smallest absolute Gasteiger partial charge is 0.247 e. The van der Waals surface area contributed by atoms with Crippen LogP contribution in [0, 0.1) is 0 Å². The molecule has 0 unspecified atom stereocenters. The normalized spacial score (nSPS) is 15.6. The molecule has 1 saturated heterocycles. The summed E-state index contributed by atoms with van der Waals surface area (Å²) in [5, 5.41) is 10.7. The summed E-state index contributed by atoms with van der Waals surface area (Å²) in [5.74, 6) is 0.257. The van der Waals surface area contributed by atoms with E-state index in [4.69, 9.17) is 9.97 Å². The monoisotopic (exact) mass is 464 g/mol. The summed E-state index contributed by atoms with van der Waals surface area (Å²) < 4.78 is 0. The van der Waals surface area contributed by atoms with Gasteiger partial charge in [0.15, 0.2) is 0 Å². The summed E-state index contributed by atoms with van der Waals surface area (Å²) in [4.78, 5) is 23.7. The minimum absolute atomic E-state index is 0.255. The molecule has 3 aromatic carbocycles. The highest BCUT2D eigenvalue weighted by Gasteiger charge is 2.18. The topological polar surface area (TPSA) is 82.2 Å². The summed E-state index contributed by atoms with van der Waals surface area (Å²) in [6.45, 7) is 5.71. The van der Waals surface area contributed by atoms with Gasteiger partial charge in [-0.1, -0.05) is 36.9 Å². The number of hydrogen-bond donors (Lipinski definition) is 3. The second-order valence-electron chi connectivity index (χ2n) is 8.78. The summed E-state index contributed by atoms with van der Waals surface area (Å²) >= 11 is 0. The lowest BCUT2D eigenvalue weighted by Gasteiger charge is -2.15. The van der Waals surface area contributed by atoms with Crippen molar-refractivity contribution in [3.05, 3.63) is 85.5 Å². The first kappa shape index (κ1) is 22.6. The van der Waals surface area contributed by atoms with E-state index < -0.39 is 0 Å². The number of nitrogens with zero attached hydrogens (tertiary/aromatic N) is 3. The zero-order chi connectivity index (χ0) is 24.2. The fourth-order valence-electron chi connectivity index (χ4n) is 4.36. The Labute approximate surface area is 204 Å². The highest BCUT2D eigenvalue weighted by molar-refractivity contribution is 6.00. The third-order valence-corrected chi connectivity index (χ3v) is 6.10. The molecule has 7 nitrogen and oxygen atoms in total. The molecule has 1 aliphatic heterocycles. The molecule has 0 saturated carbocycles. The van der Waals surface area contributed by atoms with Crippen LogP contribution in [0.4, 0.5) is 23.0 Å². The van der Waals surface area contributed by atoms with Crippen molar-refractivity contribution in [2.45, 2.75) is 12.5 Å². The largest absolute Gasteiger partial charge is 0.381 e.